The Kier molecular flexibility index (Phi) is 6.65. The fourth-order valence-electron chi connectivity index (χ4n) is 8.60. The summed E-state index contributed by atoms with van der Waals surface area (Å²) in [4.78, 5) is 9.85. The molecule has 5 heterocycles. The maximum absolute atomic E-state index is 17.2. The van der Waals surface area contributed by atoms with Crippen LogP contribution < -0.4 is 15.0 Å². The lowest BCUT2D eigenvalue weighted by atomic mass is 9.89. The molecular weight excluding hydrogens is 553 g/mol. The van der Waals surface area contributed by atoms with Gasteiger partial charge in [-0.2, -0.15) is 10.2 Å². The number of halogens is 1. The van der Waals surface area contributed by atoms with Gasteiger partial charge in [-0.05, 0) is 98.1 Å². The van der Waals surface area contributed by atoms with E-state index in [1.165, 1.54) is 12.8 Å². The van der Waals surface area contributed by atoms with E-state index in [2.05, 4.69) is 28.1 Å². The lowest BCUT2D eigenvalue weighted by Gasteiger charge is -2.35. The van der Waals surface area contributed by atoms with Crippen LogP contribution in [0.4, 0.5) is 10.2 Å². The molecule has 4 aliphatic rings. The monoisotopic (exact) mass is 591 g/mol. The molecule has 8 rings (SSSR count). The normalized spacial score (nSPS) is 22.5. The van der Waals surface area contributed by atoms with E-state index in [0.717, 1.165) is 74.6 Å². The molecule has 4 aromatic rings. The molecule has 7 nitrogen and oxygen atoms in total. The maximum Gasteiger partial charge on any atom is 0.215 e. The Hall–Kier alpha value is -3.93. The van der Waals surface area contributed by atoms with Crippen molar-refractivity contribution >= 4 is 27.4 Å². The smallest absolute Gasteiger partial charge is 0.215 e. The van der Waals surface area contributed by atoms with Gasteiger partial charge in [0.2, 0.25) is 5.88 Å². The first-order valence-corrected chi connectivity index (χ1v) is 16.2. The molecule has 0 spiro atoms. The minimum atomic E-state index is -0.481. The van der Waals surface area contributed by atoms with Crippen molar-refractivity contribution in [3.8, 4) is 28.8 Å². The summed E-state index contributed by atoms with van der Waals surface area (Å²) in [5.41, 5.74) is 2.04. The average molecular weight is 592 g/mol. The number of nitrogens with zero attached hydrogens (tertiary/aromatic N) is 4. The SMILES string of the molecule is CCc1cccc2cc(O)cc(-c3c(C#N)cc4c(N5CC6CCC(C5)N6)nc(OCC56CCCN5CCC6)cc4c3F)c12. The van der Waals surface area contributed by atoms with Crippen LogP contribution in [0.5, 0.6) is 11.6 Å². The number of aromatic hydroxyl groups is 1. The highest BCUT2D eigenvalue weighted by molar-refractivity contribution is 6.05. The molecule has 4 fully saturated rings. The predicted molar refractivity (Wildman–Crippen MR) is 171 cm³/mol. The molecule has 0 saturated carbocycles. The number of phenols is 1. The number of pyridine rings is 1. The van der Waals surface area contributed by atoms with E-state index in [1.807, 2.05) is 18.2 Å². The molecule has 0 aliphatic carbocycles. The van der Waals surface area contributed by atoms with E-state index >= 15 is 4.39 Å². The van der Waals surface area contributed by atoms with Crippen molar-refractivity contribution in [3.05, 3.63) is 59.4 Å². The number of hydrogen-bond acceptors (Lipinski definition) is 7. The van der Waals surface area contributed by atoms with Crippen LogP contribution in [0.25, 0.3) is 32.7 Å². The van der Waals surface area contributed by atoms with Gasteiger partial charge in [-0.25, -0.2) is 4.39 Å². The van der Waals surface area contributed by atoms with Gasteiger partial charge in [-0.3, -0.25) is 4.90 Å². The molecule has 4 aliphatic heterocycles. The Labute approximate surface area is 257 Å². The Morgan fingerprint density at radius 1 is 1.09 bits per heavy atom. The summed E-state index contributed by atoms with van der Waals surface area (Å²) in [7, 11) is 0. The third-order valence-electron chi connectivity index (χ3n) is 10.7. The molecule has 226 valence electrons. The van der Waals surface area contributed by atoms with E-state index in [1.54, 1.807) is 24.3 Å². The minimum absolute atomic E-state index is 0.0381. The molecule has 4 saturated heterocycles. The topological polar surface area (TPSA) is 84.7 Å². The zero-order valence-corrected chi connectivity index (χ0v) is 25.2. The molecule has 2 N–H and O–H groups in total. The Bertz CT molecular complexity index is 1810. The van der Waals surface area contributed by atoms with Gasteiger partial charge in [0.1, 0.15) is 24.0 Å². The largest absolute Gasteiger partial charge is 0.508 e. The second kappa shape index (κ2) is 10.6. The molecule has 2 unspecified atom stereocenters. The van der Waals surface area contributed by atoms with Crippen LogP contribution >= 0.6 is 0 Å². The van der Waals surface area contributed by atoms with Crippen LogP contribution in [0.1, 0.15) is 56.6 Å². The highest BCUT2D eigenvalue weighted by atomic mass is 19.1. The lowest BCUT2D eigenvalue weighted by Crippen LogP contribution is -2.51. The lowest BCUT2D eigenvalue weighted by molar-refractivity contribution is 0.111. The molecule has 1 aromatic heterocycles. The van der Waals surface area contributed by atoms with E-state index in [9.17, 15) is 10.4 Å². The van der Waals surface area contributed by atoms with Gasteiger partial charge in [0.15, 0.2) is 0 Å². The molecule has 3 aromatic carbocycles. The number of nitrogens with one attached hydrogen (secondary N) is 1. The van der Waals surface area contributed by atoms with Gasteiger partial charge in [0.05, 0.1) is 17.2 Å². The number of anilines is 1. The molecule has 2 atom stereocenters. The second-order valence-electron chi connectivity index (χ2n) is 13.2. The molecule has 2 bridgehead atoms. The molecule has 44 heavy (non-hydrogen) atoms. The number of aromatic nitrogens is 1. The fourth-order valence-corrected chi connectivity index (χ4v) is 8.60. The number of piperazine rings is 1. The summed E-state index contributed by atoms with van der Waals surface area (Å²) < 4.78 is 23.7. The highest BCUT2D eigenvalue weighted by Crippen LogP contribution is 2.44. The predicted octanol–water partition coefficient (Wildman–Crippen LogP) is 6.28. The number of aryl methyl sites for hydroxylation is 1. The molecule has 0 amide bonds. The molecule has 8 heteroatoms. The van der Waals surface area contributed by atoms with Crippen molar-refractivity contribution in [3.63, 3.8) is 0 Å². The van der Waals surface area contributed by atoms with Gasteiger partial charge < -0.3 is 20.1 Å². The maximum atomic E-state index is 17.2. The number of ether oxygens (including phenoxy) is 1. The zero-order valence-electron chi connectivity index (χ0n) is 25.2. The number of fused-ring (bicyclic) bond motifs is 5. The van der Waals surface area contributed by atoms with Gasteiger partial charge in [0, 0.05) is 47.6 Å². The molecule has 0 radical (unpaired) electrons. The van der Waals surface area contributed by atoms with Crippen molar-refractivity contribution in [2.45, 2.75) is 69.5 Å². The Morgan fingerprint density at radius 2 is 1.86 bits per heavy atom. The van der Waals surface area contributed by atoms with E-state index in [0.29, 0.717) is 46.7 Å². The van der Waals surface area contributed by atoms with E-state index in [-0.39, 0.29) is 22.4 Å². The van der Waals surface area contributed by atoms with Crippen LogP contribution in [-0.4, -0.2) is 65.4 Å². The minimum Gasteiger partial charge on any atom is -0.508 e. The summed E-state index contributed by atoms with van der Waals surface area (Å²) >= 11 is 0. The number of benzene rings is 3. The van der Waals surface area contributed by atoms with Gasteiger partial charge in [0.25, 0.3) is 0 Å². The van der Waals surface area contributed by atoms with Crippen molar-refractivity contribution < 1.29 is 14.2 Å². The van der Waals surface area contributed by atoms with Crippen molar-refractivity contribution in [1.82, 2.24) is 15.2 Å². The van der Waals surface area contributed by atoms with Gasteiger partial charge in [-0.15, -0.1) is 0 Å². The second-order valence-corrected chi connectivity index (χ2v) is 13.2. The number of phenolic OH excluding ortho intramolecular Hbond substituents is 1. The van der Waals surface area contributed by atoms with Gasteiger partial charge >= 0.3 is 0 Å². The molecular formula is C36H38FN5O2. The third-order valence-corrected chi connectivity index (χ3v) is 10.7. The van der Waals surface area contributed by atoms with Crippen LogP contribution in [0, 0.1) is 17.1 Å². The quantitative estimate of drug-likeness (QED) is 0.273. The van der Waals surface area contributed by atoms with Crippen molar-refractivity contribution in [1.29, 1.82) is 5.26 Å². The number of rotatable bonds is 6. The summed E-state index contributed by atoms with van der Waals surface area (Å²) in [5.74, 6) is 0.665. The number of hydrogen-bond donors (Lipinski definition) is 2. The van der Waals surface area contributed by atoms with Gasteiger partial charge in [-0.1, -0.05) is 25.1 Å². The summed E-state index contributed by atoms with van der Waals surface area (Å²) in [6, 6.07) is 15.7. The highest BCUT2D eigenvalue weighted by Gasteiger charge is 2.45. The number of nitriles is 1. The Morgan fingerprint density at radius 3 is 2.59 bits per heavy atom. The van der Waals surface area contributed by atoms with Crippen LogP contribution in [0.3, 0.4) is 0 Å². The first-order chi connectivity index (χ1) is 21.5. The Balaban J connectivity index is 1.32. The average Bonchev–Trinajstić information content (AvgIpc) is 3.72. The first-order valence-electron chi connectivity index (χ1n) is 16.2. The third kappa shape index (κ3) is 4.40. The van der Waals surface area contributed by atoms with Crippen molar-refractivity contribution in [2.24, 2.45) is 0 Å². The summed E-state index contributed by atoms with van der Waals surface area (Å²) in [6.45, 7) is 6.38. The first kappa shape index (κ1) is 27.6. The van der Waals surface area contributed by atoms with E-state index < -0.39 is 5.82 Å². The van der Waals surface area contributed by atoms with E-state index in [4.69, 9.17) is 9.72 Å². The van der Waals surface area contributed by atoms with Crippen LogP contribution in [0.15, 0.2) is 42.5 Å². The van der Waals surface area contributed by atoms with Crippen LogP contribution in [-0.2, 0) is 6.42 Å². The van der Waals surface area contributed by atoms with Crippen molar-refractivity contribution in [2.75, 3.05) is 37.7 Å². The fraction of sp³-hybridized carbons (Fsp3) is 0.444. The van der Waals surface area contributed by atoms with Crippen LogP contribution in [0.2, 0.25) is 0 Å². The standard InChI is InChI=1S/C36H38FN5O2/c1-2-22-6-3-7-23-14-27(43)16-30(32(22)23)33-24(18-38)15-29-28(34(33)37)17-31(44-21-36-10-4-12-42(36)13-5-11-36)40-35(29)41-19-25-8-9-26(20-41)39-25/h3,6-7,14-17,25-26,39,43H,2,4-5,8-13,19-21H2,1H3. The summed E-state index contributed by atoms with van der Waals surface area (Å²) in [6.07, 6.45) is 7.54. The summed E-state index contributed by atoms with van der Waals surface area (Å²) in [5, 5.41) is 27.5. The zero-order chi connectivity index (χ0) is 30.0.